The van der Waals surface area contributed by atoms with Crippen LogP contribution >= 0.6 is 0 Å². The van der Waals surface area contributed by atoms with Crippen molar-refractivity contribution in [2.24, 2.45) is 4.99 Å². The van der Waals surface area contributed by atoms with Crippen LogP contribution in [-0.4, -0.2) is 31.0 Å². The number of aryl methyl sites for hydroxylation is 1. The van der Waals surface area contributed by atoms with E-state index >= 15 is 0 Å². The zero-order valence-electron chi connectivity index (χ0n) is 16.3. The van der Waals surface area contributed by atoms with Crippen molar-refractivity contribution < 1.29 is 4.39 Å². The minimum atomic E-state index is -0.175. The van der Waals surface area contributed by atoms with Gasteiger partial charge in [0.2, 0.25) is 0 Å². The molecule has 5 heteroatoms. The molecule has 3 rings (SSSR count). The Kier molecular flexibility index (Phi) is 6.82. The van der Waals surface area contributed by atoms with Crippen molar-refractivity contribution in [2.45, 2.75) is 39.4 Å². The number of hydrogen-bond donors (Lipinski definition) is 2. The SMILES string of the molecule is CN=C(NCc1ccc(CN2CCCC2)cc1)NCc1ccc(C)c(F)c1. The highest BCUT2D eigenvalue weighted by Crippen LogP contribution is 2.13. The van der Waals surface area contributed by atoms with Crippen LogP contribution in [0.3, 0.4) is 0 Å². The monoisotopic (exact) mass is 368 g/mol. The molecule has 144 valence electrons. The zero-order chi connectivity index (χ0) is 19.1. The van der Waals surface area contributed by atoms with Crippen molar-refractivity contribution in [1.82, 2.24) is 15.5 Å². The number of likely N-dealkylation sites (tertiary alicyclic amines) is 1. The summed E-state index contributed by atoms with van der Waals surface area (Å²) in [6.07, 6.45) is 2.65. The van der Waals surface area contributed by atoms with Gasteiger partial charge in [-0.15, -0.1) is 0 Å². The van der Waals surface area contributed by atoms with Crippen LogP contribution in [0, 0.1) is 12.7 Å². The van der Waals surface area contributed by atoms with Gasteiger partial charge in [0.05, 0.1) is 0 Å². The minimum absolute atomic E-state index is 0.175. The van der Waals surface area contributed by atoms with E-state index in [0.717, 1.165) is 12.1 Å². The van der Waals surface area contributed by atoms with E-state index in [1.165, 1.54) is 37.1 Å². The molecule has 0 aromatic heterocycles. The maximum absolute atomic E-state index is 13.6. The van der Waals surface area contributed by atoms with Crippen molar-refractivity contribution >= 4 is 5.96 Å². The first-order valence-corrected chi connectivity index (χ1v) is 9.64. The predicted octanol–water partition coefficient (Wildman–Crippen LogP) is 3.60. The van der Waals surface area contributed by atoms with Crippen LogP contribution in [-0.2, 0) is 19.6 Å². The molecule has 2 aromatic rings. The first-order chi connectivity index (χ1) is 13.1. The molecule has 1 aliphatic rings. The largest absolute Gasteiger partial charge is 0.352 e. The number of halogens is 1. The fourth-order valence-corrected chi connectivity index (χ4v) is 3.30. The third-order valence-corrected chi connectivity index (χ3v) is 5.01. The molecule has 1 fully saturated rings. The van der Waals surface area contributed by atoms with Gasteiger partial charge in [-0.3, -0.25) is 9.89 Å². The Labute approximate surface area is 161 Å². The number of guanidine groups is 1. The highest BCUT2D eigenvalue weighted by Gasteiger charge is 2.11. The van der Waals surface area contributed by atoms with Crippen LogP contribution in [0.4, 0.5) is 4.39 Å². The van der Waals surface area contributed by atoms with Gasteiger partial charge in [0.15, 0.2) is 5.96 Å². The summed E-state index contributed by atoms with van der Waals surface area (Å²) in [7, 11) is 1.74. The Morgan fingerprint density at radius 3 is 2.19 bits per heavy atom. The third-order valence-electron chi connectivity index (χ3n) is 5.01. The van der Waals surface area contributed by atoms with Gasteiger partial charge in [-0.1, -0.05) is 36.4 Å². The second-order valence-electron chi connectivity index (χ2n) is 7.16. The Hall–Kier alpha value is -2.40. The summed E-state index contributed by atoms with van der Waals surface area (Å²) in [4.78, 5) is 6.75. The van der Waals surface area contributed by atoms with Gasteiger partial charge in [0, 0.05) is 26.7 Å². The molecule has 0 amide bonds. The lowest BCUT2D eigenvalue weighted by atomic mass is 10.1. The molecule has 1 saturated heterocycles. The van der Waals surface area contributed by atoms with Crippen molar-refractivity contribution in [2.75, 3.05) is 20.1 Å². The van der Waals surface area contributed by atoms with Gasteiger partial charge in [0.1, 0.15) is 5.82 Å². The average Bonchev–Trinajstić information content (AvgIpc) is 3.19. The van der Waals surface area contributed by atoms with Crippen LogP contribution in [0.15, 0.2) is 47.5 Å². The quantitative estimate of drug-likeness (QED) is 0.605. The molecule has 0 unspecified atom stereocenters. The van der Waals surface area contributed by atoms with E-state index in [1.54, 1.807) is 26.1 Å². The Morgan fingerprint density at radius 2 is 1.56 bits per heavy atom. The van der Waals surface area contributed by atoms with Crippen molar-refractivity contribution in [3.63, 3.8) is 0 Å². The average molecular weight is 369 g/mol. The zero-order valence-corrected chi connectivity index (χ0v) is 16.3. The topological polar surface area (TPSA) is 39.7 Å². The van der Waals surface area contributed by atoms with E-state index in [0.29, 0.717) is 24.6 Å². The molecule has 0 saturated carbocycles. The van der Waals surface area contributed by atoms with Crippen LogP contribution in [0.25, 0.3) is 0 Å². The fourth-order valence-electron chi connectivity index (χ4n) is 3.30. The maximum atomic E-state index is 13.6. The van der Waals surface area contributed by atoms with E-state index in [4.69, 9.17) is 0 Å². The summed E-state index contributed by atoms with van der Waals surface area (Å²) >= 11 is 0. The van der Waals surface area contributed by atoms with Crippen LogP contribution in [0.2, 0.25) is 0 Å². The van der Waals surface area contributed by atoms with E-state index < -0.39 is 0 Å². The Morgan fingerprint density at radius 1 is 0.963 bits per heavy atom. The Bertz CT molecular complexity index is 764. The van der Waals surface area contributed by atoms with E-state index in [9.17, 15) is 4.39 Å². The molecule has 0 spiro atoms. The van der Waals surface area contributed by atoms with Crippen LogP contribution in [0.1, 0.15) is 35.1 Å². The molecular formula is C22H29FN4. The van der Waals surface area contributed by atoms with Crippen molar-refractivity contribution in [3.05, 3.63) is 70.5 Å². The lowest BCUT2D eigenvalue weighted by molar-refractivity contribution is 0.331. The van der Waals surface area contributed by atoms with E-state index in [1.807, 2.05) is 6.07 Å². The molecule has 0 aliphatic carbocycles. The number of nitrogens with zero attached hydrogens (tertiary/aromatic N) is 2. The summed E-state index contributed by atoms with van der Waals surface area (Å²) in [6.45, 7) is 6.48. The van der Waals surface area contributed by atoms with Gasteiger partial charge in [-0.2, -0.15) is 0 Å². The van der Waals surface area contributed by atoms with Gasteiger partial charge >= 0.3 is 0 Å². The second kappa shape index (κ2) is 9.51. The maximum Gasteiger partial charge on any atom is 0.191 e. The highest BCUT2D eigenvalue weighted by molar-refractivity contribution is 5.79. The number of benzene rings is 2. The highest BCUT2D eigenvalue weighted by atomic mass is 19.1. The molecule has 27 heavy (non-hydrogen) atoms. The molecule has 4 nitrogen and oxygen atoms in total. The number of nitrogens with one attached hydrogen (secondary N) is 2. The molecule has 2 N–H and O–H groups in total. The number of rotatable bonds is 6. The summed E-state index contributed by atoms with van der Waals surface area (Å²) < 4.78 is 13.6. The van der Waals surface area contributed by atoms with Gasteiger partial charge in [-0.05, 0) is 61.2 Å². The van der Waals surface area contributed by atoms with Gasteiger partial charge < -0.3 is 10.6 Å². The Balaban J connectivity index is 1.46. The van der Waals surface area contributed by atoms with Crippen molar-refractivity contribution in [3.8, 4) is 0 Å². The molecular weight excluding hydrogens is 339 g/mol. The number of aliphatic imine (C=N–C) groups is 1. The first-order valence-electron chi connectivity index (χ1n) is 9.64. The standard InChI is InChI=1S/C22H29FN4/c1-17-5-6-20(13-21(17)23)15-26-22(24-2)25-14-18-7-9-19(10-8-18)16-27-11-3-4-12-27/h5-10,13H,3-4,11-12,14-16H2,1-2H3,(H2,24,25,26). The summed E-state index contributed by atoms with van der Waals surface area (Å²) in [5, 5.41) is 6.54. The fraction of sp³-hybridized carbons (Fsp3) is 0.409. The van der Waals surface area contributed by atoms with Crippen LogP contribution < -0.4 is 10.6 Å². The minimum Gasteiger partial charge on any atom is -0.352 e. The molecule has 1 heterocycles. The normalized spacial score (nSPS) is 15.1. The van der Waals surface area contributed by atoms with E-state index in [2.05, 4.69) is 44.8 Å². The predicted molar refractivity (Wildman–Crippen MR) is 109 cm³/mol. The third kappa shape index (κ3) is 5.79. The summed E-state index contributed by atoms with van der Waals surface area (Å²) in [5.74, 6) is 0.531. The summed E-state index contributed by atoms with van der Waals surface area (Å²) in [6, 6.07) is 14.0. The number of hydrogen-bond acceptors (Lipinski definition) is 2. The first kappa shape index (κ1) is 19.4. The van der Waals surface area contributed by atoms with Gasteiger partial charge in [-0.25, -0.2) is 4.39 Å². The molecule has 0 atom stereocenters. The van der Waals surface area contributed by atoms with Crippen LogP contribution in [0.5, 0.6) is 0 Å². The molecule has 2 aromatic carbocycles. The molecule has 0 bridgehead atoms. The second-order valence-corrected chi connectivity index (χ2v) is 7.16. The smallest absolute Gasteiger partial charge is 0.191 e. The van der Waals surface area contributed by atoms with E-state index in [-0.39, 0.29) is 5.82 Å². The molecule has 1 aliphatic heterocycles. The molecule has 0 radical (unpaired) electrons. The lowest BCUT2D eigenvalue weighted by Gasteiger charge is -2.15. The summed E-state index contributed by atoms with van der Waals surface area (Å²) in [5.41, 5.74) is 4.14. The van der Waals surface area contributed by atoms with Gasteiger partial charge in [0.25, 0.3) is 0 Å². The van der Waals surface area contributed by atoms with Crippen molar-refractivity contribution in [1.29, 1.82) is 0 Å². The lowest BCUT2D eigenvalue weighted by Crippen LogP contribution is -2.36.